The third-order valence-corrected chi connectivity index (χ3v) is 4.73. The monoisotopic (exact) mass is 357 g/mol. The molecule has 1 aromatic carbocycles. The number of hydrogen-bond donors (Lipinski definition) is 3. The number of primary sulfonamides is 1. The molecule has 0 saturated carbocycles. The number of benzene rings is 1. The molecule has 0 unspecified atom stereocenters. The Morgan fingerprint density at radius 3 is 2.39 bits per heavy atom. The summed E-state index contributed by atoms with van der Waals surface area (Å²) in [6.45, 7) is -0.312. The van der Waals surface area contributed by atoms with Gasteiger partial charge in [-0.3, -0.25) is 0 Å². The van der Waals surface area contributed by atoms with E-state index in [9.17, 15) is 16.8 Å². The third kappa shape index (κ3) is 4.53. The minimum Gasteiger partial charge on any atom is -0.398 e. The van der Waals surface area contributed by atoms with Crippen LogP contribution in [0.1, 0.15) is 0 Å². The van der Waals surface area contributed by atoms with Crippen LogP contribution in [0, 0.1) is 0 Å². The number of nitrogens with one attached hydrogen (secondary N) is 1. The predicted octanol–water partition coefficient (Wildman–Crippen LogP) is -0.402. The molecule has 0 atom stereocenters. The van der Waals surface area contributed by atoms with Crippen LogP contribution in [0.25, 0.3) is 0 Å². The Hall–Kier alpha value is -0.680. The highest BCUT2D eigenvalue weighted by molar-refractivity contribution is 9.10. The lowest BCUT2D eigenvalue weighted by molar-refractivity contribution is 0.581. The Morgan fingerprint density at radius 1 is 1.22 bits per heavy atom. The van der Waals surface area contributed by atoms with E-state index in [-0.39, 0.29) is 17.1 Å². The molecule has 0 amide bonds. The number of anilines is 1. The third-order valence-electron chi connectivity index (χ3n) is 1.94. The summed E-state index contributed by atoms with van der Waals surface area (Å²) in [7, 11) is -7.58. The van der Waals surface area contributed by atoms with Crippen molar-refractivity contribution in [3.05, 3.63) is 22.7 Å². The number of sulfonamides is 2. The zero-order valence-electron chi connectivity index (χ0n) is 9.13. The summed E-state index contributed by atoms with van der Waals surface area (Å²) in [6, 6.07) is 4.35. The number of nitrogen functional groups attached to an aromatic ring is 1. The lowest BCUT2D eigenvalue weighted by Gasteiger charge is -2.08. The molecule has 0 fully saturated rings. The fourth-order valence-electron chi connectivity index (χ4n) is 1.14. The van der Waals surface area contributed by atoms with E-state index in [1.165, 1.54) is 12.1 Å². The van der Waals surface area contributed by atoms with E-state index in [2.05, 4.69) is 20.7 Å². The van der Waals surface area contributed by atoms with E-state index in [1.54, 1.807) is 6.07 Å². The molecule has 0 aliphatic heterocycles. The second-order valence-corrected chi connectivity index (χ2v) is 7.83. The fraction of sp³-hybridized carbons (Fsp3) is 0.250. The van der Waals surface area contributed by atoms with E-state index in [0.29, 0.717) is 4.47 Å². The summed E-state index contributed by atoms with van der Waals surface area (Å²) in [4.78, 5) is -0.119. The Kier molecular flexibility index (Phi) is 4.72. The molecule has 7 nitrogen and oxygen atoms in total. The Balaban J connectivity index is 2.90. The smallest absolute Gasteiger partial charge is 0.242 e. The van der Waals surface area contributed by atoms with E-state index in [1.807, 2.05) is 0 Å². The zero-order chi connectivity index (χ0) is 14.0. The molecular formula is C8H12BrN3O4S2. The van der Waals surface area contributed by atoms with Crippen LogP contribution in [0.4, 0.5) is 5.69 Å². The van der Waals surface area contributed by atoms with Gasteiger partial charge in [-0.2, -0.15) is 0 Å². The Labute approximate surface area is 114 Å². The van der Waals surface area contributed by atoms with Crippen LogP contribution >= 0.6 is 15.9 Å². The highest BCUT2D eigenvalue weighted by Crippen LogP contribution is 2.22. The summed E-state index contributed by atoms with van der Waals surface area (Å²) in [5.74, 6) is -0.486. The van der Waals surface area contributed by atoms with Gasteiger partial charge in [-0.05, 0) is 18.2 Å². The maximum Gasteiger partial charge on any atom is 0.242 e. The minimum absolute atomic E-state index is 0.0707. The van der Waals surface area contributed by atoms with Crippen molar-refractivity contribution >= 4 is 41.7 Å². The summed E-state index contributed by atoms with van der Waals surface area (Å²) in [6.07, 6.45) is 0. The first-order valence-electron chi connectivity index (χ1n) is 4.67. The molecule has 0 aliphatic carbocycles. The predicted molar refractivity (Wildman–Crippen MR) is 71.7 cm³/mol. The van der Waals surface area contributed by atoms with Gasteiger partial charge in [0.25, 0.3) is 0 Å². The normalized spacial score (nSPS) is 12.6. The molecule has 0 heterocycles. The lowest BCUT2D eigenvalue weighted by atomic mass is 10.3. The number of halogens is 1. The van der Waals surface area contributed by atoms with Crippen molar-refractivity contribution in [2.24, 2.45) is 5.14 Å². The second kappa shape index (κ2) is 5.53. The van der Waals surface area contributed by atoms with Crippen molar-refractivity contribution in [3.8, 4) is 0 Å². The van der Waals surface area contributed by atoms with Gasteiger partial charge < -0.3 is 5.73 Å². The van der Waals surface area contributed by atoms with Gasteiger partial charge >= 0.3 is 0 Å². The fourth-order valence-corrected chi connectivity index (χ4v) is 3.35. The number of hydrogen-bond acceptors (Lipinski definition) is 5. The molecule has 0 saturated heterocycles. The highest BCUT2D eigenvalue weighted by Gasteiger charge is 2.18. The van der Waals surface area contributed by atoms with Crippen LogP contribution in [-0.2, 0) is 20.0 Å². The maximum absolute atomic E-state index is 11.8. The molecule has 1 aromatic rings. The van der Waals surface area contributed by atoms with Gasteiger partial charge in [0.15, 0.2) is 0 Å². The highest BCUT2D eigenvalue weighted by atomic mass is 79.9. The van der Waals surface area contributed by atoms with Gasteiger partial charge in [-0.25, -0.2) is 26.7 Å². The molecule has 0 bridgehead atoms. The van der Waals surface area contributed by atoms with E-state index >= 15 is 0 Å². The van der Waals surface area contributed by atoms with Gasteiger partial charge in [-0.1, -0.05) is 15.9 Å². The summed E-state index contributed by atoms with van der Waals surface area (Å²) in [5, 5.41) is 4.76. The number of nitrogens with two attached hydrogens (primary N) is 2. The first-order chi connectivity index (χ1) is 8.12. The molecule has 0 aliphatic rings. The average Bonchev–Trinajstić information content (AvgIpc) is 2.19. The van der Waals surface area contributed by atoms with Crippen molar-refractivity contribution in [1.82, 2.24) is 4.72 Å². The largest absolute Gasteiger partial charge is 0.398 e. The minimum atomic E-state index is -3.86. The van der Waals surface area contributed by atoms with Crippen molar-refractivity contribution < 1.29 is 16.8 Å². The SMILES string of the molecule is Nc1ccc(Br)cc1S(=O)(=O)NCCS(N)(=O)=O. The lowest BCUT2D eigenvalue weighted by Crippen LogP contribution is -2.31. The Morgan fingerprint density at radius 2 is 1.83 bits per heavy atom. The van der Waals surface area contributed by atoms with Gasteiger partial charge in [-0.15, -0.1) is 0 Å². The van der Waals surface area contributed by atoms with Crippen LogP contribution in [0.15, 0.2) is 27.6 Å². The van der Waals surface area contributed by atoms with Crippen molar-refractivity contribution in [2.45, 2.75) is 4.90 Å². The average molecular weight is 358 g/mol. The maximum atomic E-state index is 11.8. The topological polar surface area (TPSA) is 132 Å². The summed E-state index contributed by atoms with van der Waals surface area (Å²) < 4.78 is 47.7. The van der Waals surface area contributed by atoms with E-state index in [4.69, 9.17) is 10.9 Å². The van der Waals surface area contributed by atoms with Crippen molar-refractivity contribution in [2.75, 3.05) is 18.0 Å². The van der Waals surface area contributed by atoms with Gasteiger partial charge in [0.05, 0.1) is 11.4 Å². The standard InChI is InChI=1S/C8H12BrN3O4S2/c9-6-1-2-7(10)8(5-6)18(15,16)12-3-4-17(11,13)14/h1-2,5,12H,3-4,10H2,(H2,11,13,14). The van der Waals surface area contributed by atoms with Crippen LogP contribution in [0.2, 0.25) is 0 Å². The second-order valence-electron chi connectivity index (χ2n) is 3.45. The van der Waals surface area contributed by atoms with Crippen LogP contribution in [-0.4, -0.2) is 29.1 Å². The van der Waals surface area contributed by atoms with Crippen molar-refractivity contribution in [3.63, 3.8) is 0 Å². The molecule has 5 N–H and O–H groups in total. The van der Waals surface area contributed by atoms with Crippen molar-refractivity contribution in [1.29, 1.82) is 0 Å². The molecule has 0 radical (unpaired) electrons. The molecule has 102 valence electrons. The van der Waals surface area contributed by atoms with Gasteiger partial charge in [0, 0.05) is 11.0 Å². The molecule has 18 heavy (non-hydrogen) atoms. The van der Waals surface area contributed by atoms with Crippen LogP contribution in [0.5, 0.6) is 0 Å². The molecule has 0 spiro atoms. The van der Waals surface area contributed by atoms with E-state index < -0.39 is 25.8 Å². The summed E-state index contributed by atoms with van der Waals surface area (Å²) in [5.41, 5.74) is 5.62. The van der Waals surface area contributed by atoms with Crippen LogP contribution < -0.4 is 15.6 Å². The first-order valence-corrected chi connectivity index (χ1v) is 8.66. The zero-order valence-corrected chi connectivity index (χ0v) is 12.3. The Bertz CT molecular complexity index is 642. The van der Waals surface area contributed by atoms with Gasteiger partial charge in [0.1, 0.15) is 4.90 Å². The molecule has 0 aromatic heterocycles. The summed E-state index contributed by atoms with van der Waals surface area (Å²) >= 11 is 3.13. The van der Waals surface area contributed by atoms with E-state index in [0.717, 1.165) is 0 Å². The quantitative estimate of drug-likeness (QED) is 0.616. The first kappa shape index (κ1) is 15.4. The molecule has 10 heteroatoms. The van der Waals surface area contributed by atoms with Gasteiger partial charge in [0.2, 0.25) is 20.0 Å². The number of rotatable bonds is 5. The van der Waals surface area contributed by atoms with Crippen LogP contribution in [0.3, 0.4) is 0 Å². The molecule has 1 rings (SSSR count). The molecular weight excluding hydrogens is 346 g/mol.